The number of pyridine rings is 1. The van der Waals surface area contributed by atoms with Crippen LogP contribution < -0.4 is 0 Å². The summed E-state index contributed by atoms with van der Waals surface area (Å²) in [4.78, 5) is 15.4. The molecule has 0 radical (unpaired) electrons. The smallest absolute Gasteiger partial charge is 0.161 e. The number of rotatable bonds is 1. The molecule has 0 bridgehead atoms. The lowest BCUT2D eigenvalue weighted by Crippen LogP contribution is -2.04. The molecule has 0 aliphatic rings. The molecular weight excluding hydrogens is 300 g/mol. The molecule has 0 aromatic carbocycles. The fourth-order valence-corrected chi connectivity index (χ4v) is 2.21. The van der Waals surface area contributed by atoms with Gasteiger partial charge in [0, 0.05) is 11.3 Å². The first kappa shape index (κ1) is 10.9. The van der Waals surface area contributed by atoms with Crippen molar-refractivity contribution < 1.29 is 4.79 Å². The van der Waals surface area contributed by atoms with Crippen LogP contribution in [0.15, 0.2) is 0 Å². The highest BCUT2D eigenvalue weighted by Crippen LogP contribution is 2.25. The van der Waals surface area contributed by atoms with E-state index < -0.39 is 0 Å². The summed E-state index contributed by atoms with van der Waals surface area (Å²) in [5, 5.41) is 0.580. The predicted molar refractivity (Wildman–Crippen MR) is 61.4 cm³/mol. The third kappa shape index (κ3) is 2.02. The molecule has 0 amide bonds. The van der Waals surface area contributed by atoms with Gasteiger partial charge in [0.05, 0.1) is 5.02 Å². The van der Waals surface area contributed by atoms with Gasteiger partial charge in [-0.15, -0.1) is 0 Å². The van der Waals surface area contributed by atoms with Crippen molar-refractivity contribution in [2.75, 3.05) is 0 Å². The van der Waals surface area contributed by atoms with Crippen LogP contribution in [0.1, 0.15) is 28.5 Å². The molecule has 1 heterocycles. The van der Waals surface area contributed by atoms with Crippen LogP contribution in [0.3, 0.4) is 0 Å². The molecule has 0 N–H and O–H groups in total. The predicted octanol–water partition coefficient (Wildman–Crippen LogP) is 3.16. The summed E-state index contributed by atoms with van der Waals surface area (Å²) in [5.41, 5.74) is 2.22. The van der Waals surface area contributed by atoms with E-state index in [9.17, 15) is 4.79 Å². The molecule has 0 unspecified atom stereocenters. The van der Waals surface area contributed by atoms with Gasteiger partial charge in [0.25, 0.3) is 0 Å². The normalized spacial score (nSPS) is 10.2. The van der Waals surface area contributed by atoms with Gasteiger partial charge in [0.2, 0.25) is 0 Å². The second kappa shape index (κ2) is 3.92. The first-order chi connectivity index (χ1) is 5.95. The summed E-state index contributed by atoms with van der Waals surface area (Å²) in [5.74, 6) is 0.0146. The number of ketones is 1. The number of aromatic nitrogens is 1. The van der Waals surface area contributed by atoms with Crippen LogP contribution in [-0.2, 0) is 0 Å². The quantitative estimate of drug-likeness (QED) is 0.453. The molecule has 0 aliphatic carbocycles. The molecule has 0 fully saturated rings. The maximum atomic E-state index is 11.2. The number of carbonyl (C=O) groups is 1. The van der Waals surface area contributed by atoms with Crippen LogP contribution in [0.2, 0.25) is 5.02 Å². The number of aryl methyl sites for hydroxylation is 1. The fourth-order valence-electron chi connectivity index (χ4n) is 1.31. The van der Waals surface area contributed by atoms with Gasteiger partial charge in [0.15, 0.2) is 5.78 Å². The molecule has 0 aliphatic heterocycles. The van der Waals surface area contributed by atoms with E-state index in [1.807, 2.05) is 13.8 Å². The van der Waals surface area contributed by atoms with Crippen molar-refractivity contribution in [2.24, 2.45) is 0 Å². The highest BCUT2D eigenvalue weighted by Gasteiger charge is 2.14. The standard InChI is InChI=1S/C9H9ClINO/c1-4-7(6(3)13)5(2)12-9(11)8(4)10/h1-3H3. The van der Waals surface area contributed by atoms with Gasteiger partial charge in [-0.3, -0.25) is 4.79 Å². The third-order valence-corrected chi connectivity index (χ3v) is 3.43. The second-order valence-electron chi connectivity index (χ2n) is 2.86. The number of Topliss-reactive ketones (excluding diaryl/α,β-unsaturated/α-hetero) is 1. The highest BCUT2D eigenvalue weighted by atomic mass is 127. The molecule has 0 spiro atoms. The van der Waals surface area contributed by atoms with E-state index in [0.717, 1.165) is 15.0 Å². The van der Waals surface area contributed by atoms with Crippen LogP contribution in [-0.4, -0.2) is 10.8 Å². The second-order valence-corrected chi connectivity index (χ2v) is 4.26. The van der Waals surface area contributed by atoms with Gasteiger partial charge in [-0.1, -0.05) is 11.6 Å². The number of carbonyl (C=O) groups excluding carboxylic acids is 1. The Bertz CT molecular complexity index is 376. The van der Waals surface area contributed by atoms with E-state index in [0.29, 0.717) is 10.6 Å². The minimum absolute atomic E-state index is 0.0146. The monoisotopic (exact) mass is 309 g/mol. The summed E-state index contributed by atoms with van der Waals surface area (Å²) in [6, 6.07) is 0. The zero-order valence-electron chi connectivity index (χ0n) is 7.61. The first-order valence-electron chi connectivity index (χ1n) is 3.78. The molecule has 0 saturated carbocycles. The van der Waals surface area contributed by atoms with Gasteiger partial charge in [-0.25, -0.2) is 4.98 Å². The zero-order chi connectivity index (χ0) is 10.2. The Morgan fingerprint density at radius 1 is 1.46 bits per heavy atom. The van der Waals surface area contributed by atoms with Crippen molar-refractivity contribution in [2.45, 2.75) is 20.8 Å². The van der Waals surface area contributed by atoms with E-state index in [-0.39, 0.29) is 5.78 Å². The topological polar surface area (TPSA) is 30.0 Å². The molecule has 0 saturated heterocycles. The first-order valence-corrected chi connectivity index (χ1v) is 5.24. The Balaban J connectivity index is 3.53. The molecular formula is C9H9ClINO. The van der Waals surface area contributed by atoms with E-state index in [2.05, 4.69) is 27.6 Å². The lowest BCUT2D eigenvalue weighted by Gasteiger charge is -2.08. The number of hydrogen-bond donors (Lipinski definition) is 0. The average Bonchev–Trinajstić information content (AvgIpc) is 1.99. The molecule has 1 aromatic rings. The Hall–Kier alpha value is -0.160. The van der Waals surface area contributed by atoms with Crippen molar-refractivity contribution in [1.29, 1.82) is 0 Å². The van der Waals surface area contributed by atoms with Crippen molar-refractivity contribution in [3.8, 4) is 0 Å². The lowest BCUT2D eigenvalue weighted by atomic mass is 10.1. The van der Waals surface area contributed by atoms with Crippen LogP contribution in [0.25, 0.3) is 0 Å². The van der Waals surface area contributed by atoms with Crippen molar-refractivity contribution in [3.63, 3.8) is 0 Å². The Morgan fingerprint density at radius 3 is 2.46 bits per heavy atom. The fraction of sp³-hybridized carbons (Fsp3) is 0.333. The minimum Gasteiger partial charge on any atom is -0.294 e. The van der Waals surface area contributed by atoms with E-state index in [4.69, 9.17) is 11.6 Å². The number of halogens is 2. The van der Waals surface area contributed by atoms with E-state index in [1.165, 1.54) is 6.92 Å². The third-order valence-electron chi connectivity index (χ3n) is 1.87. The van der Waals surface area contributed by atoms with Crippen LogP contribution >= 0.6 is 34.2 Å². The summed E-state index contributed by atoms with van der Waals surface area (Å²) < 4.78 is 0.749. The number of hydrogen-bond acceptors (Lipinski definition) is 2. The molecule has 1 aromatic heterocycles. The molecule has 1 rings (SSSR count). The molecule has 13 heavy (non-hydrogen) atoms. The van der Waals surface area contributed by atoms with Gasteiger partial charge in [0.1, 0.15) is 3.70 Å². The largest absolute Gasteiger partial charge is 0.294 e. The van der Waals surface area contributed by atoms with E-state index >= 15 is 0 Å². The zero-order valence-corrected chi connectivity index (χ0v) is 10.5. The van der Waals surface area contributed by atoms with Gasteiger partial charge in [-0.05, 0) is 48.9 Å². The lowest BCUT2D eigenvalue weighted by molar-refractivity contribution is 0.101. The minimum atomic E-state index is 0.0146. The van der Waals surface area contributed by atoms with E-state index in [1.54, 1.807) is 0 Å². The SMILES string of the molecule is CC(=O)c1c(C)nc(I)c(Cl)c1C. The Labute approximate surface area is 95.8 Å². The maximum absolute atomic E-state index is 11.2. The number of nitrogens with zero attached hydrogens (tertiary/aromatic N) is 1. The highest BCUT2D eigenvalue weighted by molar-refractivity contribution is 14.1. The Kier molecular flexibility index (Phi) is 3.29. The summed E-state index contributed by atoms with van der Waals surface area (Å²) >= 11 is 8.04. The Morgan fingerprint density at radius 2 is 2.00 bits per heavy atom. The summed E-state index contributed by atoms with van der Waals surface area (Å²) in [6.07, 6.45) is 0. The van der Waals surface area contributed by atoms with Gasteiger partial charge >= 0.3 is 0 Å². The van der Waals surface area contributed by atoms with Crippen molar-refractivity contribution in [3.05, 3.63) is 25.5 Å². The van der Waals surface area contributed by atoms with Crippen LogP contribution in [0, 0.1) is 17.5 Å². The van der Waals surface area contributed by atoms with Gasteiger partial charge in [-0.2, -0.15) is 0 Å². The van der Waals surface area contributed by atoms with Crippen molar-refractivity contribution >= 4 is 40.0 Å². The summed E-state index contributed by atoms with van der Waals surface area (Å²) in [7, 11) is 0. The average molecular weight is 310 g/mol. The van der Waals surface area contributed by atoms with Gasteiger partial charge < -0.3 is 0 Å². The molecule has 4 heteroatoms. The molecule has 70 valence electrons. The summed E-state index contributed by atoms with van der Waals surface area (Å²) in [6.45, 7) is 5.19. The van der Waals surface area contributed by atoms with Crippen LogP contribution in [0.4, 0.5) is 0 Å². The molecule has 2 nitrogen and oxygen atoms in total. The van der Waals surface area contributed by atoms with Crippen molar-refractivity contribution in [1.82, 2.24) is 4.98 Å². The maximum Gasteiger partial charge on any atom is 0.161 e. The molecule has 0 atom stereocenters. The van der Waals surface area contributed by atoms with Crippen LogP contribution in [0.5, 0.6) is 0 Å².